The second-order valence-corrected chi connectivity index (χ2v) is 6.22. The van der Waals surface area contributed by atoms with Gasteiger partial charge >= 0.3 is 10.3 Å². The van der Waals surface area contributed by atoms with Gasteiger partial charge in [-0.1, -0.05) is 48.5 Å². The van der Waals surface area contributed by atoms with Gasteiger partial charge in [-0.25, -0.2) is 4.39 Å². The van der Waals surface area contributed by atoms with Crippen LogP contribution in [0.1, 0.15) is 5.69 Å². The van der Waals surface area contributed by atoms with Gasteiger partial charge in [0.05, 0.1) is 5.69 Å². The molecular formula is C16H13FN2O3S. The molecule has 3 aromatic rings. The minimum Gasteiger partial charge on any atom is -0.268 e. The summed E-state index contributed by atoms with van der Waals surface area (Å²) in [5.41, 5.74) is 1.59. The normalized spacial score (nSPS) is 11.6. The van der Waals surface area contributed by atoms with Crippen molar-refractivity contribution in [1.29, 1.82) is 0 Å². The highest BCUT2D eigenvalue weighted by Crippen LogP contribution is 2.35. The van der Waals surface area contributed by atoms with Gasteiger partial charge < -0.3 is 0 Å². The molecule has 0 fully saturated rings. The first-order chi connectivity index (χ1) is 10.9. The number of nitrogens with zero attached hydrogens (tertiary/aromatic N) is 2. The van der Waals surface area contributed by atoms with E-state index in [9.17, 15) is 17.4 Å². The van der Waals surface area contributed by atoms with Crippen LogP contribution in [-0.2, 0) is 10.3 Å². The highest BCUT2D eigenvalue weighted by molar-refractivity contribution is 7.84. The molecule has 0 unspecified atom stereocenters. The molecule has 0 aliphatic carbocycles. The number of halogens is 1. The van der Waals surface area contributed by atoms with E-state index < -0.39 is 16.1 Å². The molecular weight excluding hydrogens is 319 g/mol. The van der Waals surface area contributed by atoms with E-state index in [2.05, 4.69) is 5.10 Å². The van der Waals surface area contributed by atoms with E-state index >= 15 is 0 Å². The van der Waals surface area contributed by atoms with Gasteiger partial charge in [-0.3, -0.25) is 4.55 Å². The molecule has 7 heteroatoms. The van der Waals surface area contributed by atoms with Crippen molar-refractivity contribution in [1.82, 2.24) is 9.19 Å². The lowest BCUT2D eigenvalue weighted by Gasteiger charge is -2.06. The largest absolute Gasteiger partial charge is 0.379 e. The van der Waals surface area contributed by atoms with Crippen LogP contribution in [0.4, 0.5) is 4.39 Å². The summed E-state index contributed by atoms with van der Waals surface area (Å²) in [6.07, 6.45) is 0. The predicted molar refractivity (Wildman–Crippen MR) is 84.7 cm³/mol. The Balaban J connectivity index is 2.38. The van der Waals surface area contributed by atoms with Crippen LogP contribution in [0.25, 0.3) is 22.4 Å². The van der Waals surface area contributed by atoms with Crippen LogP contribution in [0.2, 0.25) is 0 Å². The lowest BCUT2D eigenvalue weighted by Crippen LogP contribution is -2.14. The Hall–Kier alpha value is -2.51. The first-order valence-corrected chi connectivity index (χ1v) is 8.17. The highest BCUT2D eigenvalue weighted by Gasteiger charge is 2.24. The monoisotopic (exact) mass is 332 g/mol. The summed E-state index contributed by atoms with van der Waals surface area (Å²) < 4.78 is 47.1. The van der Waals surface area contributed by atoms with Gasteiger partial charge in [-0.05, 0) is 13.0 Å². The number of benzene rings is 2. The second kappa shape index (κ2) is 5.60. The van der Waals surface area contributed by atoms with E-state index in [0.29, 0.717) is 15.2 Å². The second-order valence-electron chi connectivity index (χ2n) is 4.98. The molecule has 1 N–H and O–H groups in total. The van der Waals surface area contributed by atoms with Crippen LogP contribution in [-0.4, -0.2) is 22.2 Å². The van der Waals surface area contributed by atoms with E-state index in [1.54, 1.807) is 48.5 Å². The SMILES string of the molecule is Cc1c(-c2ccccc2F)c(-c2ccccc2)nn1S(=O)(=O)O. The van der Waals surface area contributed by atoms with Crippen molar-refractivity contribution in [2.45, 2.75) is 6.92 Å². The Morgan fingerprint density at radius 3 is 2.26 bits per heavy atom. The molecule has 118 valence electrons. The van der Waals surface area contributed by atoms with Crippen molar-refractivity contribution in [2.75, 3.05) is 0 Å². The summed E-state index contributed by atoms with van der Waals surface area (Å²) in [5.74, 6) is -0.498. The van der Waals surface area contributed by atoms with Crippen molar-refractivity contribution >= 4 is 10.3 Å². The highest BCUT2D eigenvalue weighted by atomic mass is 32.2. The Labute approximate surface area is 132 Å². The third kappa shape index (κ3) is 2.76. The smallest absolute Gasteiger partial charge is 0.268 e. The van der Waals surface area contributed by atoms with Gasteiger partial charge in [0, 0.05) is 16.7 Å². The third-order valence-corrected chi connectivity index (χ3v) is 4.28. The first-order valence-electron chi connectivity index (χ1n) is 6.77. The zero-order chi connectivity index (χ0) is 16.6. The van der Waals surface area contributed by atoms with Gasteiger partial charge in [-0.2, -0.15) is 13.5 Å². The van der Waals surface area contributed by atoms with E-state index in [-0.39, 0.29) is 17.0 Å². The van der Waals surface area contributed by atoms with Crippen LogP contribution in [0.5, 0.6) is 0 Å². The van der Waals surface area contributed by atoms with Gasteiger partial charge in [0.15, 0.2) is 0 Å². The molecule has 0 atom stereocenters. The van der Waals surface area contributed by atoms with Crippen molar-refractivity contribution in [3.63, 3.8) is 0 Å². The van der Waals surface area contributed by atoms with Crippen LogP contribution < -0.4 is 0 Å². The summed E-state index contributed by atoms with van der Waals surface area (Å²) in [6.45, 7) is 1.47. The maximum absolute atomic E-state index is 14.2. The Kier molecular flexibility index (Phi) is 3.75. The molecule has 1 heterocycles. The fourth-order valence-electron chi connectivity index (χ4n) is 2.49. The molecule has 0 aliphatic heterocycles. The summed E-state index contributed by atoms with van der Waals surface area (Å²) in [4.78, 5) is 0. The summed E-state index contributed by atoms with van der Waals surface area (Å²) >= 11 is 0. The number of rotatable bonds is 3. The van der Waals surface area contributed by atoms with E-state index in [1.807, 2.05) is 0 Å². The zero-order valence-corrected chi connectivity index (χ0v) is 13.0. The van der Waals surface area contributed by atoms with Crippen LogP contribution in [0.15, 0.2) is 54.6 Å². The maximum atomic E-state index is 14.2. The summed E-state index contributed by atoms with van der Waals surface area (Å²) in [6, 6.07) is 14.8. The molecule has 0 bridgehead atoms. The fourth-order valence-corrected chi connectivity index (χ4v) is 3.11. The molecule has 0 saturated carbocycles. The van der Waals surface area contributed by atoms with E-state index in [0.717, 1.165) is 0 Å². The molecule has 0 aliphatic rings. The fraction of sp³-hybridized carbons (Fsp3) is 0.0625. The zero-order valence-electron chi connectivity index (χ0n) is 12.1. The van der Waals surface area contributed by atoms with Crippen LogP contribution >= 0.6 is 0 Å². The van der Waals surface area contributed by atoms with Gasteiger partial charge in [0.2, 0.25) is 0 Å². The number of hydrogen-bond donors (Lipinski definition) is 1. The molecule has 1 aromatic heterocycles. The van der Waals surface area contributed by atoms with Gasteiger partial charge in [-0.15, -0.1) is 4.09 Å². The maximum Gasteiger partial charge on any atom is 0.379 e. The molecule has 23 heavy (non-hydrogen) atoms. The number of hydrogen-bond acceptors (Lipinski definition) is 3. The molecule has 0 spiro atoms. The predicted octanol–water partition coefficient (Wildman–Crippen LogP) is 3.32. The minimum atomic E-state index is -4.58. The van der Waals surface area contributed by atoms with Crippen molar-refractivity contribution < 1.29 is 17.4 Å². The van der Waals surface area contributed by atoms with E-state index in [4.69, 9.17) is 0 Å². The van der Waals surface area contributed by atoms with Crippen molar-refractivity contribution in [3.8, 4) is 22.4 Å². The topological polar surface area (TPSA) is 72.2 Å². The average molecular weight is 332 g/mol. The molecule has 0 radical (unpaired) electrons. The average Bonchev–Trinajstić information content (AvgIpc) is 2.86. The van der Waals surface area contributed by atoms with Crippen molar-refractivity contribution in [2.24, 2.45) is 0 Å². The molecule has 0 saturated heterocycles. The summed E-state index contributed by atoms with van der Waals surface area (Å²) in [5, 5.41) is 3.98. The Bertz CT molecular complexity index is 966. The van der Waals surface area contributed by atoms with Crippen LogP contribution in [0, 0.1) is 12.7 Å². The standard InChI is InChI=1S/C16H13FN2O3S/c1-11-15(13-9-5-6-10-14(13)17)16(12-7-3-2-4-8-12)18-19(11)23(20,21)22/h2-10H,1H3,(H,20,21,22). The van der Waals surface area contributed by atoms with E-state index in [1.165, 1.54) is 13.0 Å². The Morgan fingerprint density at radius 2 is 1.65 bits per heavy atom. The quantitative estimate of drug-likeness (QED) is 0.747. The first kappa shape index (κ1) is 15.4. The molecule has 3 rings (SSSR count). The van der Waals surface area contributed by atoms with Gasteiger partial charge in [0.1, 0.15) is 11.5 Å². The summed E-state index contributed by atoms with van der Waals surface area (Å²) in [7, 11) is -4.58. The minimum absolute atomic E-state index is 0.136. The van der Waals surface area contributed by atoms with Gasteiger partial charge in [0.25, 0.3) is 0 Å². The molecule has 5 nitrogen and oxygen atoms in total. The third-order valence-electron chi connectivity index (χ3n) is 3.49. The molecule has 0 amide bonds. The Morgan fingerprint density at radius 1 is 1.04 bits per heavy atom. The molecule has 2 aromatic carbocycles. The lowest BCUT2D eigenvalue weighted by atomic mass is 9.99. The van der Waals surface area contributed by atoms with Crippen molar-refractivity contribution in [3.05, 3.63) is 66.1 Å². The number of aromatic nitrogens is 2. The lowest BCUT2D eigenvalue weighted by molar-refractivity contribution is 0.464. The van der Waals surface area contributed by atoms with Crippen LogP contribution in [0.3, 0.4) is 0 Å².